The zero-order valence-electron chi connectivity index (χ0n) is 7.54. The molecule has 0 unspecified atom stereocenters. The fraction of sp³-hybridized carbons (Fsp3) is 0. The summed E-state index contributed by atoms with van der Waals surface area (Å²) in [4.78, 5) is 10.2. The summed E-state index contributed by atoms with van der Waals surface area (Å²) in [5, 5.41) is 8.60. The van der Waals surface area contributed by atoms with Crippen LogP contribution < -0.4 is 0 Å². The Hall–Kier alpha value is -1.66. The molecule has 0 spiro atoms. The average molecular weight is 228 g/mol. The lowest BCUT2D eigenvalue weighted by atomic mass is 10.1. The molecule has 0 saturated carbocycles. The van der Waals surface area contributed by atoms with E-state index in [1.54, 1.807) is 0 Å². The summed E-state index contributed by atoms with van der Waals surface area (Å²) in [7, 11) is -4.24. The molecule has 1 aromatic carbocycles. The number of carboxylic acid groups (broad SMARTS) is 1. The van der Waals surface area contributed by atoms with Gasteiger partial charge in [0.1, 0.15) is 0 Å². The van der Waals surface area contributed by atoms with E-state index >= 15 is 0 Å². The van der Waals surface area contributed by atoms with Crippen molar-refractivity contribution in [1.29, 1.82) is 0 Å². The van der Waals surface area contributed by atoms with Crippen LogP contribution in [-0.4, -0.2) is 24.0 Å². The van der Waals surface area contributed by atoms with Gasteiger partial charge < -0.3 is 5.11 Å². The first-order valence-corrected chi connectivity index (χ1v) is 5.26. The van der Waals surface area contributed by atoms with Gasteiger partial charge in [0.05, 0.1) is 10.5 Å². The van der Waals surface area contributed by atoms with Gasteiger partial charge in [0.15, 0.2) is 0 Å². The molecule has 2 N–H and O–H groups in total. The van der Waals surface area contributed by atoms with Crippen LogP contribution in [0.5, 0.6) is 0 Å². The molecule has 0 radical (unpaired) electrons. The Kier molecular flexibility index (Phi) is 2.92. The first-order chi connectivity index (χ1) is 6.82. The number of rotatable bonds is 3. The minimum Gasteiger partial charge on any atom is -0.478 e. The van der Waals surface area contributed by atoms with Crippen molar-refractivity contribution in [3.8, 4) is 0 Å². The fourth-order valence-electron chi connectivity index (χ4n) is 0.952. The van der Waals surface area contributed by atoms with Crippen LogP contribution in [0.2, 0.25) is 0 Å². The van der Waals surface area contributed by atoms with Crippen molar-refractivity contribution in [2.24, 2.45) is 0 Å². The maximum atomic E-state index is 10.7. The predicted octanol–water partition coefficient (Wildman–Crippen LogP) is 1.03. The number of carbonyl (C=O) groups is 1. The lowest BCUT2D eigenvalue weighted by Gasteiger charge is -2.01. The van der Waals surface area contributed by atoms with Crippen LogP contribution in [0, 0.1) is 0 Å². The second-order valence-electron chi connectivity index (χ2n) is 2.78. The Morgan fingerprint density at radius 1 is 1.20 bits per heavy atom. The van der Waals surface area contributed by atoms with E-state index in [-0.39, 0.29) is 16.0 Å². The van der Waals surface area contributed by atoms with Gasteiger partial charge in [-0.2, -0.15) is 8.42 Å². The molecular weight excluding hydrogens is 220 g/mol. The fourth-order valence-corrected chi connectivity index (χ4v) is 1.43. The highest BCUT2D eigenvalue weighted by Crippen LogP contribution is 2.15. The molecule has 0 amide bonds. The van der Waals surface area contributed by atoms with Crippen LogP contribution in [0.1, 0.15) is 5.56 Å². The third-order valence-electron chi connectivity index (χ3n) is 1.76. The predicted molar refractivity (Wildman–Crippen MR) is 52.9 cm³/mol. The second kappa shape index (κ2) is 3.84. The van der Waals surface area contributed by atoms with Gasteiger partial charge in [-0.1, -0.05) is 18.7 Å². The monoisotopic (exact) mass is 228 g/mol. The highest BCUT2D eigenvalue weighted by atomic mass is 32.2. The summed E-state index contributed by atoms with van der Waals surface area (Å²) in [6, 6.07) is 4.75. The number of hydrogen-bond donors (Lipinski definition) is 2. The summed E-state index contributed by atoms with van der Waals surface area (Å²) < 4.78 is 30.0. The SMILES string of the molecule is C=C(C(=O)O)c1ccc(S(=O)(=O)O)cc1. The molecule has 0 bridgehead atoms. The first kappa shape index (κ1) is 11.4. The summed E-state index contributed by atoms with van der Waals surface area (Å²) in [6.45, 7) is 3.30. The van der Waals surface area contributed by atoms with E-state index in [2.05, 4.69) is 6.58 Å². The van der Waals surface area contributed by atoms with E-state index < -0.39 is 16.1 Å². The van der Waals surface area contributed by atoms with Crippen molar-refractivity contribution in [3.05, 3.63) is 36.4 Å². The molecule has 1 rings (SSSR count). The Morgan fingerprint density at radius 2 is 1.67 bits per heavy atom. The van der Waals surface area contributed by atoms with Crippen LogP contribution in [-0.2, 0) is 14.9 Å². The maximum absolute atomic E-state index is 10.7. The third-order valence-corrected chi connectivity index (χ3v) is 2.63. The molecule has 5 nitrogen and oxygen atoms in total. The Morgan fingerprint density at radius 3 is 2.00 bits per heavy atom. The summed E-state index contributed by atoms with van der Waals surface area (Å²) >= 11 is 0. The quantitative estimate of drug-likeness (QED) is 0.595. The number of carboxylic acids is 1. The summed E-state index contributed by atoms with van der Waals surface area (Å²) in [5.41, 5.74) is 0.145. The molecule has 0 fully saturated rings. The first-order valence-electron chi connectivity index (χ1n) is 3.82. The zero-order valence-corrected chi connectivity index (χ0v) is 8.36. The van der Waals surface area contributed by atoms with E-state index in [4.69, 9.17) is 9.66 Å². The largest absolute Gasteiger partial charge is 0.478 e. The summed E-state index contributed by atoms with van der Waals surface area (Å²) in [5.74, 6) is -1.19. The second-order valence-corrected chi connectivity index (χ2v) is 4.20. The molecule has 0 aliphatic carbocycles. The number of hydrogen-bond acceptors (Lipinski definition) is 3. The molecule has 1 aromatic rings. The maximum Gasteiger partial charge on any atom is 0.335 e. The van der Waals surface area contributed by atoms with E-state index in [0.717, 1.165) is 12.1 Å². The van der Waals surface area contributed by atoms with Gasteiger partial charge in [-0.25, -0.2) is 4.79 Å². The van der Waals surface area contributed by atoms with Crippen molar-refractivity contribution < 1.29 is 22.9 Å². The van der Waals surface area contributed by atoms with Crippen LogP contribution in [0.15, 0.2) is 35.7 Å². The Labute approximate surface area is 86.4 Å². The molecule has 6 heteroatoms. The molecule has 0 aromatic heterocycles. The summed E-state index contributed by atoms with van der Waals surface area (Å²) in [6.07, 6.45) is 0. The van der Waals surface area contributed by atoms with Crippen molar-refractivity contribution in [2.75, 3.05) is 0 Å². The van der Waals surface area contributed by atoms with Crippen molar-refractivity contribution in [2.45, 2.75) is 4.90 Å². The molecule has 0 heterocycles. The Balaban J connectivity index is 3.12. The van der Waals surface area contributed by atoms with Gasteiger partial charge in [-0.05, 0) is 17.7 Å². The molecule has 15 heavy (non-hydrogen) atoms. The van der Waals surface area contributed by atoms with Crippen LogP contribution in [0.25, 0.3) is 5.57 Å². The van der Waals surface area contributed by atoms with E-state index in [1.807, 2.05) is 0 Å². The molecule has 0 aliphatic heterocycles. The molecule has 0 saturated heterocycles. The lowest BCUT2D eigenvalue weighted by Crippen LogP contribution is -2.00. The van der Waals surface area contributed by atoms with E-state index in [9.17, 15) is 13.2 Å². The highest BCUT2D eigenvalue weighted by Gasteiger charge is 2.11. The molecule has 80 valence electrons. The standard InChI is InChI=1S/C9H8O5S/c1-6(9(10)11)7-2-4-8(5-3-7)15(12,13)14/h2-5H,1H2,(H,10,11)(H,12,13,14). The van der Waals surface area contributed by atoms with Gasteiger partial charge in [0, 0.05) is 0 Å². The van der Waals surface area contributed by atoms with Crippen LogP contribution >= 0.6 is 0 Å². The lowest BCUT2D eigenvalue weighted by molar-refractivity contribution is -0.130. The topological polar surface area (TPSA) is 91.7 Å². The molecular formula is C9H8O5S. The number of aliphatic carboxylic acids is 1. The third kappa shape index (κ3) is 2.64. The van der Waals surface area contributed by atoms with Gasteiger partial charge in [0.2, 0.25) is 0 Å². The molecule has 0 atom stereocenters. The molecule has 0 aliphatic rings. The van der Waals surface area contributed by atoms with Crippen molar-refractivity contribution in [3.63, 3.8) is 0 Å². The number of benzene rings is 1. The van der Waals surface area contributed by atoms with Crippen molar-refractivity contribution in [1.82, 2.24) is 0 Å². The highest BCUT2D eigenvalue weighted by molar-refractivity contribution is 7.85. The minimum absolute atomic E-state index is 0.142. The Bertz CT molecular complexity index is 498. The van der Waals surface area contributed by atoms with E-state index in [1.165, 1.54) is 12.1 Å². The normalized spacial score (nSPS) is 11.0. The van der Waals surface area contributed by atoms with Crippen LogP contribution in [0.3, 0.4) is 0 Å². The average Bonchev–Trinajstić information content (AvgIpc) is 2.15. The zero-order chi connectivity index (χ0) is 11.6. The smallest absolute Gasteiger partial charge is 0.335 e. The van der Waals surface area contributed by atoms with E-state index in [0.29, 0.717) is 0 Å². The van der Waals surface area contributed by atoms with Gasteiger partial charge in [0.25, 0.3) is 10.1 Å². The van der Waals surface area contributed by atoms with Gasteiger partial charge in [-0.3, -0.25) is 4.55 Å². The van der Waals surface area contributed by atoms with Gasteiger partial charge >= 0.3 is 5.97 Å². The van der Waals surface area contributed by atoms with Gasteiger partial charge in [-0.15, -0.1) is 0 Å². The van der Waals surface area contributed by atoms with Crippen LogP contribution in [0.4, 0.5) is 0 Å². The minimum atomic E-state index is -4.24. The van der Waals surface area contributed by atoms with Crippen molar-refractivity contribution >= 4 is 21.7 Å².